The highest BCUT2D eigenvalue weighted by Crippen LogP contribution is 2.36. The summed E-state index contributed by atoms with van der Waals surface area (Å²) in [5, 5.41) is 5.14. The lowest BCUT2D eigenvalue weighted by Crippen LogP contribution is -2.32. The zero-order valence-corrected chi connectivity index (χ0v) is 19.0. The van der Waals surface area contributed by atoms with Crippen LogP contribution in [0, 0.1) is 0 Å². The van der Waals surface area contributed by atoms with E-state index < -0.39 is 0 Å². The van der Waals surface area contributed by atoms with Gasteiger partial charge >= 0.3 is 0 Å². The third kappa shape index (κ3) is 4.06. The van der Waals surface area contributed by atoms with Crippen molar-refractivity contribution < 1.29 is 9.59 Å². The maximum Gasteiger partial charge on any atom is 0.282 e. The molecule has 4 rings (SSSR count). The van der Waals surface area contributed by atoms with E-state index in [4.69, 9.17) is 0 Å². The van der Waals surface area contributed by atoms with Crippen molar-refractivity contribution in [1.82, 2.24) is 0 Å². The topological polar surface area (TPSA) is 49.4 Å². The Morgan fingerprint density at radius 2 is 1.35 bits per heavy atom. The Hall–Kier alpha value is -3.18. The van der Waals surface area contributed by atoms with Crippen molar-refractivity contribution >= 4 is 40.1 Å². The molecule has 0 saturated heterocycles. The second-order valence-corrected chi connectivity index (χ2v) is 9.27. The first-order valence-corrected chi connectivity index (χ1v) is 11.4. The van der Waals surface area contributed by atoms with E-state index in [1.165, 1.54) is 21.8 Å². The molecule has 158 valence electrons. The van der Waals surface area contributed by atoms with Gasteiger partial charge < -0.3 is 5.32 Å². The number of anilines is 2. The number of carbonyl (C=O) groups excluding carboxylic acids is 2. The van der Waals surface area contributed by atoms with Gasteiger partial charge in [0.05, 0.1) is 11.3 Å². The highest BCUT2D eigenvalue weighted by Gasteiger charge is 2.40. The summed E-state index contributed by atoms with van der Waals surface area (Å²) in [6.45, 7) is 8.51. The van der Waals surface area contributed by atoms with Gasteiger partial charge in [0.15, 0.2) is 0 Å². The first kappa shape index (κ1) is 21.1. The third-order valence-corrected chi connectivity index (χ3v) is 6.40. The van der Waals surface area contributed by atoms with Crippen LogP contribution < -0.4 is 10.2 Å². The summed E-state index contributed by atoms with van der Waals surface area (Å²) in [7, 11) is 0. The van der Waals surface area contributed by atoms with E-state index in [0.29, 0.717) is 28.8 Å². The van der Waals surface area contributed by atoms with Gasteiger partial charge in [-0.3, -0.25) is 9.59 Å². The molecule has 2 heterocycles. The first-order chi connectivity index (χ1) is 14.9. The Morgan fingerprint density at radius 1 is 0.774 bits per heavy atom. The maximum atomic E-state index is 13.4. The summed E-state index contributed by atoms with van der Waals surface area (Å²) in [5.74, 6) is 0.170. The predicted molar refractivity (Wildman–Crippen MR) is 128 cm³/mol. The molecule has 4 nitrogen and oxygen atoms in total. The molecule has 1 N–H and O–H groups in total. The number of imide groups is 1. The lowest BCUT2D eigenvalue weighted by atomic mass is 10.0. The lowest BCUT2D eigenvalue weighted by Gasteiger charge is -2.16. The van der Waals surface area contributed by atoms with Crippen molar-refractivity contribution in [3.05, 3.63) is 87.7 Å². The Bertz CT molecular complexity index is 1130. The molecule has 1 aliphatic heterocycles. The van der Waals surface area contributed by atoms with Crippen molar-refractivity contribution in [3.8, 4) is 0 Å². The van der Waals surface area contributed by atoms with Crippen LogP contribution in [0.3, 0.4) is 0 Å². The summed E-state index contributed by atoms with van der Waals surface area (Å²) < 4.78 is 0. The highest BCUT2D eigenvalue weighted by atomic mass is 32.1. The van der Waals surface area contributed by atoms with E-state index in [0.717, 1.165) is 16.1 Å². The number of rotatable bonds is 6. The second kappa shape index (κ2) is 8.52. The highest BCUT2D eigenvalue weighted by molar-refractivity contribution is 7.11. The maximum absolute atomic E-state index is 13.4. The number of nitrogens with zero attached hydrogens (tertiary/aromatic N) is 1. The van der Waals surface area contributed by atoms with Crippen LogP contribution in [-0.2, 0) is 9.59 Å². The number of benzene rings is 2. The van der Waals surface area contributed by atoms with Crippen LogP contribution in [0.1, 0.15) is 55.5 Å². The Balaban J connectivity index is 1.71. The van der Waals surface area contributed by atoms with E-state index in [9.17, 15) is 9.59 Å². The predicted octanol–water partition coefficient (Wildman–Crippen LogP) is 6.39. The van der Waals surface area contributed by atoms with Gasteiger partial charge in [0.1, 0.15) is 5.70 Å². The Kier molecular flexibility index (Phi) is 5.79. The normalized spacial score (nSPS) is 14.3. The molecule has 0 unspecified atom stereocenters. The number of hydrogen-bond acceptors (Lipinski definition) is 4. The van der Waals surface area contributed by atoms with Crippen molar-refractivity contribution in [2.75, 3.05) is 10.2 Å². The summed E-state index contributed by atoms with van der Waals surface area (Å²) >= 11 is 1.45. The van der Waals surface area contributed by atoms with Gasteiger partial charge in [-0.25, -0.2) is 4.90 Å². The molecule has 0 fully saturated rings. The zero-order valence-electron chi connectivity index (χ0n) is 18.2. The van der Waals surface area contributed by atoms with Crippen molar-refractivity contribution in [2.45, 2.75) is 39.5 Å². The fourth-order valence-electron chi connectivity index (χ4n) is 3.63. The molecule has 31 heavy (non-hydrogen) atoms. The molecule has 0 radical (unpaired) electrons. The smallest absolute Gasteiger partial charge is 0.282 e. The lowest BCUT2D eigenvalue weighted by molar-refractivity contribution is -0.120. The molecule has 5 heteroatoms. The molecule has 0 atom stereocenters. The molecule has 0 bridgehead atoms. The van der Waals surface area contributed by atoms with E-state index in [2.05, 4.69) is 33.0 Å². The van der Waals surface area contributed by atoms with Crippen molar-refractivity contribution in [2.24, 2.45) is 0 Å². The van der Waals surface area contributed by atoms with Gasteiger partial charge in [-0.05, 0) is 58.7 Å². The minimum Gasteiger partial charge on any atom is -0.350 e. The third-order valence-electron chi connectivity index (χ3n) is 5.52. The summed E-state index contributed by atoms with van der Waals surface area (Å²) in [6.07, 6.45) is 0. The minimum atomic E-state index is -0.335. The molecule has 0 spiro atoms. The molecule has 0 aliphatic carbocycles. The molecule has 3 aromatic rings. The quantitative estimate of drug-likeness (QED) is 0.461. The monoisotopic (exact) mass is 430 g/mol. The molecule has 2 aromatic carbocycles. The van der Waals surface area contributed by atoms with Crippen LogP contribution in [0.15, 0.2) is 71.7 Å². The van der Waals surface area contributed by atoms with Crippen LogP contribution in [0.4, 0.5) is 11.4 Å². The van der Waals surface area contributed by atoms with Crippen LogP contribution in [0.2, 0.25) is 0 Å². The van der Waals surface area contributed by atoms with Crippen LogP contribution >= 0.6 is 11.3 Å². The number of hydrogen-bond donors (Lipinski definition) is 1. The minimum absolute atomic E-state index is 0.300. The fraction of sp³-hybridized carbons (Fsp3) is 0.231. The average Bonchev–Trinajstić information content (AvgIpc) is 3.35. The Morgan fingerprint density at radius 3 is 1.87 bits per heavy atom. The molecule has 0 saturated carbocycles. The van der Waals surface area contributed by atoms with Crippen LogP contribution in [0.5, 0.6) is 0 Å². The summed E-state index contributed by atoms with van der Waals surface area (Å²) in [6, 6.07) is 19.4. The van der Waals surface area contributed by atoms with Gasteiger partial charge in [0.25, 0.3) is 11.8 Å². The second-order valence-electron chi connectivity index (χ2n) is 8.32. The van der Waals surface area contributed by atoms with Gasteiger partial charge in [-0.2, -0.15) is 0 Å². The van der Waals surface area contributed by atoms with Gasteiger partial charge in [-0.1, -0.05) is 58.0 Å². The molecule has 2 amide bonds. The molecule has 1 aliphatic rings. The largest absolute Gasteiger partial charge is 0.350 e. The van der Waals surface area contributed by atoms with E-state index in [1.807, 2.05) is 66.0 Å². The molecular weight excluding hydrogens is 404 g/mol. The van der Waals surface area contributed by atoms with Gasteiger partial charge in [0.2, 0.25) is 0 Å². The van der Waals surface area contributed by atoms with Crippen molar-refractivity contribution in [1.29, 1.82) is 0 Å². The van der Waals surface area contributed by atoms with Crippen LogP contribution in [-0.4, -0.2) is 11.8 Å². The molecule has 1 aromatic heterocycles. The number of amides is 2. The summed E-state index contributed by atoms with van der Waals surface area (Å²) in [4.78, 5) is 28.8. The van der Waals surface area contributed by atoms with Crippen LogP contribution in [0.25, 0.3) is 5.57 Å². The van der Waals surface area contributed by atoms with E-state index >= 15 is 0 Å². The number of thiophene rings is 1. The SMILES string of the molecule is CC(C)c1ccc(NC2=C(c3cccs3)C(=O)N(c3ccc(C(C)C)cc3)C2=O)cc1. The Labute approximate surface area is 187 Å². The van der Waals surface area contributed by atoms with Crippen molar-refractivity contribution in [3.63, 3.8) is 0 Å². The van der Waals surface area contributed by atoms with E-state index in [-0.39, 0.29) is 11.8 Å². The fourth-order valence-corrected chi connectivity index (χ4v) is 4.40. The average molecular weight is 431 g/mol. The van der Waals surface area contributed by atoms with Gasteiger partial charge in [-0.15, -0.1) is 11.3 Å². The standard InChI is InChI=1S/C26H26N2O2S/c1-16(2)18-7-11-20(12-8-18)27-24-23(22-6-5-15-31-22)25(29)28(26(24)30)21-13-9-19(10-14-21)17(3)4/h5-17,27H,1-4H3. The zero-order chi connectivity index (χ0) is 22.1. The number of nitrogens with one attached hydrogen (secondary N) is 1. The first-order valence-electron chi connectivity index (χ1n) is 10.5. The summed E-state index contributed by atoms with van der Waals surface area (Å²) in [5.41, 5.74) is 4.49. The number of carbonyl (C=O) groups is 2. The van der Waals surface area contributed by atoms with E-state index in [1.54, 1.807) is 0 Å². The van der Waals surface area contributed by atoms with Gasteiger partial charge in [0, 0.05) is 10.6 Å². The molecular formula is C26H26N2O2S.